The first-order chi connectivity index (χ1) is 41.6. The van der Waals surface area contributed by atoms with Crippen LogP contribution < -0.4 is 0 Å². The Balaban J connectivity index is 1.28. The maximum atomic E-state index is 14.1. The summed E-state index contributed by atoms with van der Waals surface area (Å²) >= 11 is 0. The van der Waals surface area contributed by atoms with Crippen molar-refractivity contribution in [3.63, 3.8) is 0 Å². The number of ether oxygens (including phenoxy) is 13. The molecule has 0 bridgehead atoms. The molecule has 24 heteroatoms. The van der Waals surface area contributed by atoms with Crippen molar-refractivity contribution in [2.24, 2.45) is 5.92 Å². The van der Waals surface area contributed by atoms with Crippen molar-refractivity contribution in [1.29, 1.82) is 0 Å². The molecule has 0 spiro atoms. The lowest BCUT2D eigenvalue weighted by Gasteiger charge is -2.51. The highest BCUT2D eigenvalue weighted by atomic mass is 16.8. The largest absolute Gasteiger partial charge is 0.457 e. The van der Waals surface area contributed by atoms with Crippen LogP contribution in [0.25, 0.3) is 0 Å². The minimum Gasteiger partial charge on any atom is -0.457 e. The number of unbranched alkanes of at least 4 members (excludes halogenated alkanes) is 10. The van der Waals surface area contributed by atoms with Crippen molar-refractivity contribution in [3.8, 4) is 0 Å². The third kappa shape index (κ3) is 20.8. The number of hydrogen-bond donors (Lipinski definition) is 8. The van der Waals surface area contributed by atoms with Gasteiger partial charge in [-0.05, 0) is 66.7 Å². The quantitative estimate of drug-likeness (QED) is 0.0344. The summed E-state index contributed by atoms with van der Waals surface area (Å²) in [5, 5.41) is 91.9. The zero-order chi connectivity index (χ0) is 63.5. The van der Waals surface area contributed by atoms with Crippen LogP contribution in [0.2, 0.25) is 0 Å². The van der Waals surface area contributed by atoms with E-state index in [2.05, 4.69) is 13.8 Å². The van der Waals surface area contributed by atoms with Crippen LogP contribution in [0.3, 0.4) is 0 Å². The molecule has 87 heavy (non-hydrogen) atoms. The van der Waals surface area contributed by atoms with E-state index in [-0.39, 0.29) is 18.9 Å². The van der Waals surface area contributed by atoms with Crippen LogP contribution in [-0.2, 0) is 76.0 Å². The Kier molecular flexibility index (Phi) is 31.2. The van der Waals surface area contributed by atoms with Crippen LogP contribution in [0.4, 0.5) is 0 Å². The molecule has 0 radical (unpaired) electrons. The van der Waals surface area contributed by atoms with Crippen LogP contribution in [0.1, 0.15) is 216 Å². The first kappa shape index (κ1) is 73.7. The molecule has 506 valence electrons. The van der Waals surface area contributed by atoms with Crippen LogP contribution in [-0.4, -0.2) is 218 Å². The third-order valence-corrected chi connectivity index (χ3v) is 18.2. The first-order valence-corrected chi connectivity index (χ1v) is 33.2. The van der Waals surface area contributed by atoms with E-state index in [4.69, 9.17) is 61.6 Å². The predicted octanol–water partition coefficient (Wildman–Crippen LogP) is 5.33. The summed E-state index contributed by atoms with van der Waals surface area (Å²) in [7, 11) is 0. The van der Waals surface area contributed by atoms with E-state index < -0.39 is 177 Å². The fourth-order valence-electron chi connectivity index (χ4n) is 12.3. The smallest absolute Gasteiger partial charge is 0.309 e. The SMILES string of the molecule is CCCCCCCCCCCC(=O)OC1C(C)OC(OC2C(C)OC(OC3C(C)OC4OC5C(OC(CCCCC)CCCCCCCCCC(=O)OC4C3O)OC(C)C(O)C5O)C(OC(=O)C(C)CC)C2OC2OC(C)C(O)C(O)C2O)C(O)C1O. The molecule has 6 aliphatic rings. The summed E-state index contributed by atoms with van der Waals surface area (Å²) in [6.45, 7) is 15.3. The van der Waals surface area contributed by atoms with Crippen molar-refractivity contribution in [3.05, 3.63) is 0 Å². The van der Waals surface area contributed by atoms with E-state index in [1.54, 1.807) is 20.8 Å². The summed E-state index contributed by atoms with van der Waals surface area (Å²) in [6, 6.07) is 0. The molecule has 6 saturated heterocycles. The van der Waals surface area contributed by atoms with Gasteiger partial charge in [-0.15, -0.1) is 0 Å². The van der Waals surface area contributed by atoms with Gasteiger partial charge >= 0.3 is 17.9 Å². The Morgan fingerprint density at radius 1 is 0.460 bits per heavy atom. The highest BCUT2D eigenvalue weighted by Crippen LogP contribution is 2.39. The lowest BCUT2D eigenvalue weighted by atomic mass is 9.95. The standard InChI is InChI=1S/C63H110O24/c1-10-13-15-16-17-18-21-24-28-32-41(64)81-51-37(7)77-60(49(72)47(51)70)85-53-39(9)79-63(57(83-58(74)34(4)12-3)56(53)87-59-48(71)45(68)43(66)35(5)75-59)84-52-38(8)78-62-55(50(52)73)82-42(65)33-29-25-22-19-20-23-27-31-40(30-26-14-11-2)80-61-54(86-62)46(69)44(67)36(6)76-61/h34-40,43-57,59-63,66-73H,10-33H2,1-9H3. The molecule has 0 aliphatic carbocycles. The van der Waals surface area contributed by atoms with Gasteiger partial charge in [0.15, 0.2) is 49.8 Å². The molecule has 6 aliphatic heterocycles. The molecule has 27 atom stereocenters. The summed E-state index contributed by atoms with van der Waals surface area (Å²) < 4.78 is 82.2. The van der Waals surface area contributed by atoms with Gasteiger partial charge in [0.1, 0.15) is 73.2 Å². The lowest BCUT2D eigenvalue weighted by molar-refractivity contribution is -0.399. The molecular formula is C63H110O24. The van der Waals surface area contributed by atoms with E-state index >= 15 is 0 Å². The Morgan fingerprint density at radius 2 is 0.966 bits per heavy atom. The molecule has 0 aromatic carbocycles. The minimum atomic E-state index is -1.91. The number of rotatable bonds is 24. The average molecular weight is 1250 g/mol. The molecule has 6 fully saturated rings. The highest BCUT2D eigenvalue weighted by molar-refractivity contribution is 5.72. The van der Waals surface area contributed by atoms with Gasteiger partial charge in [0.2, 0.25) is 0 Å². The van der Waals surface area contributed by atoms with Crippen LogP contribution in [0.5, 0.6) is 0 Å². The number of fused-ring (bicyclic) bond motifs is 2. The van der Waals surface area contributed by atoms with E-state index in [1.165, 1.54) is 53.4 Å². The van der Waals surface area contributed by atoms with E-state index in [1.807, 2.05) is 0 Å². The van der Waals surface area contributed by atoms with Gasteiger partial charge in [0.25, 0.3) is 0 Å². The zero-order valence-electron chi connectivity index (χ0n) is 53.2. The van der Waals surface area contributed by atoms with E-state index in [9.17, 15) is 55.2 Å². The van der Waals surface area contributed by atoms with Gasteiger partial charge in [0, 0.05) is 12.8 Å². The number of carbonyl (C=O) groups is 3. The highest BCUT2D eigenvalue weighted by Gasteiger charge is 2.58. The molecule has 8 N–H and O–H groups in total. The van der Waals surface area contributed by atoms with Crippen LogP contribution in [0, 0.1) is 5.92 Å². The first-order valence-electron chi connectivity index (χ1n) is 33.2. The van der Waals surface area contributed by atoms with Crippen molar-refractivity contribution in [2.45, 2.75) is 376 Å². The monoisotopic (exact) mass is 1250 g/mol. The fourth-order valence-corrected chi connectivity index (χ4v) is 12.3. The topological polar surface area (TPSA) is 333 Å². The predicted molar refractivity (Wildman–Crippen MR) is 311 cm³/mol. The van der Waals surface area contributed by atoms with Crippen LogP contribution >= 0.6 is 0 Å². The van der Waals surface area contributed by atoms with Gasteiger partial charge in [-0.2, -0.15) is 0 Å². The molecule has 0 amide bonds. The number of aliphatic hydroxyl groups is 8. The second-order valence-electron chi connectivity index (χ2n) is 25.3. The molecule has 0 aromatic heterocycles. The normalized spacial score (nSPS) is 41.6. The van der Waals surface area contributed by atoms with Gasteiger partial charge < -0.3 is 102 Å². The van der Waals surface area contributed by atoms with Crippen molar-refractivity contribution >= 4 is 17.9 Å². The summed E-state index contributed by atoms with van der Waals surface area (Å²) in [4.78, 5) is 41.1. The molecule has 27 unspecified atom stereocenters. The fraction of sp³-hybridized carbons (Fsp3) is 0.952. The molecule has 0 saturated carbocycles. The third-order valence-electron chi connectivity index (χ3n) is 18.2. The van der Waals surface area contributed by atoms with Crippen molar-refractivity contribution < 1.29 is 117 Å². The molecular weight excluding hydrogens is 1140 g/mol. The molecule has 6 rings (SSSR count). The number of esters is 3. The zero-order valence-corrected chi connectivity index (χ0v) is 53.2. The average Bonchev–Trinajstić information content (AvgIpc) is 1.22. The van der Waals surface area contributed by atoms with Gasteiger partial charge in [-0.25, -0.2) is 0 Å². The van der Waals surface area contributed by atoms with Gasteiger partial charge in [-0.1, -0.05) is 137 Å². The van der Waals surface area contributed by atoms with E-state index in [0.29, 0.717) is 25.7 Å². The van der Waals surface area contributed by atoms with E-state index in [0.717, 1.165) is 89.9 Å². The van der Waals surface area contributed by atoms with Crippen molar-refractivity contribution in [1.82, 2.24) is 0 Å². The number of hydrogen-bond acceptors (Lipinski definition) is 24. The molecule has 6 heterocycles. The Hall–Kier alpha value is -2.31. The number of aliphatic hydroxyl groups excluding tert-OH is 8. The summed E-state index contributed by atoms with van der Waals surface area (Å²) in [5.74, 6) is -2.80. The lowest BCUT2D eigenvalue weighted by Crippen LogP contribution is -2.68. The maximum absolute atomic E-state index is 14.1. The van der Waals surface area contributed by atoms with Gasteiger partial charge in [0.05, 0.1) is 42.5 Å². The Morgan fingerprint density at radius 3 is 1.63 bits per heavy atom. The molecule has 24 nitrogen and oxygen atoms in total. The Labute approximate surface area is 515 Å². The van der Waals surface area contributed by atoms with Gasteiger partial charge in [-0.3, -0.25) is 14.4 Å². The second-order valence-corrected chi connectivity index (χ2v) is 25.3. The molecule has 0 aromatic rings. The number of carbonyl (C=O) groups excluding carboxylic acids is 3. The minimum absolute atomic E-state index is 0.0231. The summed E-state index contributed by atoms with van der Waals surface area (Å²) in [5.41, 5.74) is 0. The summed E-state index contributed by atoms with van der Waals surface area (Å²) in [6.07, 6.45) is -18.2. The maximum Gasteiger partial charge on any atom is 0.309 e. The second kappa shape index (κ2) is 36.8. The Bertz CT molecular complexity index is 1990. The van der Waals surface area contributed by atoms with Crippen molar-refractivity contribution in [2.75, 3.05) is 0 Å². The van der Waals surface area contributed by atoms with Crippen LogP contribution in [0.15, 0.2) is 0 Å².